The number of hydrogen-bond acceptors (Lipinski definition) is 2. The zero-order valence-corrected chi connectivity index (χ0v) is 32.8. The van der Waals surface area contributed by atoms with E-state index in [1.807, 2.05) is 54.7 Å². The predicted molar refractivity (Wildman–Crippen MR) is 200 cm³/mol. The Labute approximate surface area is 365 Å². The van der Waals surface area contributed by atoms with E-state index in [1.54, 1.807) is 6.08 Å². The molecule has 0 fully saturated rings. The smallest absolute Gasteiger partial charge is 0.222 e. The number of nitro groups is 1. The highest BCUT2D eigenvalue weighted by Crippen LogP contribution is 2.31. The molecule has 0 N–H and O–H groups in total. The molecular weight excluding hydrogens is 967 g/mol. The molecule has 4 nitrogen and oxygen atoms in total. The van der Waals surface area contributed by atoms with Gasteiger partial charge in [-0.05, 0) is 17.5 Å². The van der Waals surface area contributed by atoms with Crippen molar-refractivity contribution < 1.29 is 97.3 Å². The molecule has 0 atom stereocenters. The van der Waals surface area contributed by atoms with Crippen molar-refractivity contribution in [3.63, 3.8) is 0 Å². The Morgan fingerprint density at radius 2 is 0.735 bits per heavy atom. The lowest BCUT2D eigenvalue weighted by Crippen LogP contribution is -2.81. The maximum absolute atomic E-state index is 15.4. The minimum atomic E-state index is -7.22. The number of fused-ring (bicyclic) bond motifs is 1. The van der Waals surface area contributed by atoms with Crippen molar-refractivity contribution in [3.05, 3.63) is 211 Å². The van der Waals surface area contributed by atoms with Crippen LogP contribution in [0.1, 0.15) is 11.3 Å². The molecular formula is C43H17BF20N2O2. The van der Waals surface area contributed by atoms with E-state index in [4.69, 9.17) is 0 Å². The highest BCUT2D eigenvalue weighted by molar-refractivity contribution is 7.20. The lowest BCUT2D eigenvalue weighted by atomic mass is 9.12. The van der Waals surface area contributed by atoms with Crippen LogP contribution in [0.3, 0.4) is 0 Å². The fourth-order valence-corrected chi connectivity index (χ4v) is 7.51. The molecule has 0 aliphatic rings. The van der Waals surface area contributed by atoms with Crippen LogP contribution in [0.4, 0.5) is 87.8 Å². The fourth-order valence-electron chi connectivity index (χ4n) is 7.51. The Balaban J connectivity index is 0.000000276. The van der Waals surface area contributed by atoms with E-state index in [0.717, 1.165) is 23.0 Å². The van der Waals surface area contributed by atoms with Gasteiger partial charge in [-0.1, -0.05) is 48.5 Å². The summed E-state index contributed by atoms with van der Waals surface area (Å²) in [5.74, 6) is -71.4. The summed E-state index contributed by atoms with van der Waals surface area (Å²) < 4.78 is 296. The minimum Gasteiger partial charge on any atom is -0.264 e. The van der Waals surface area contributed by atoms with Crippen LogP contribution in [-0.2, 0) is 6.54 Å². The van der Waals surface area contributed by atoms with Gasteiger partial charge in [0.1, 0.15) is 52.7 Å². The van der Waals surface area contributed by atoms with Gasteiger partial charge in [0.25, 0.3) is 0 Å². The minimum absolute atomic E-state index is 0.172. The molecule has 0 aliphatic heterocycles. The Morgan fingerprint density at radius 1 is 0.426 bits per heavy atom. The standard InChI is InChI=1S/C24BF20.C19H17N2O2/c26-5-1(6(27)14(35)21(42)13(5)34)25(2-7(28)15(36)22(43)16(37)8(2)29,3-9(30)17(38)23(44)18(39)10(3)31)4-11(32)19(40)24(45)20(41)12(4)33;22-21(23)13-6-11-19-18-10-5-4-9-17(18)12-14-20(19)15-16-7-2-1-3-8-16/h;1-12,14H,13,15H2/q-1;+1. The molecule has 68 heavy (non-hydrogen) atoms. The molecule has 0 aliphatic carbocycles. The third-order valence-corrected chi connectivity index (χ3v) is 10.4. The van der Waals surface area contributed by atoms with Crippen LogP contribution in [0.2, 0.25) is 0 Å². The Morgan fingerprint density at radius 3 is 1.07 bits per heavy atom. The monoisotopic (exact) mass is 984 g/mol. The molecule has 1 aromatic heterocycles. The first-order valence-corrected chi connectivity index (χ1v) is 18.4. The van der Waals surface area contributed by atoms with Gasteiger partial charge in [-0.2, -0.15) is 4.57 Å². The van der Waals surface area contributed by atoms with Gasteiger partial charge in [-0.3, -0.25) is 10.1 Å². The first kappa shape index (κ1) is 50.0. The summed E-state index contributed by atoms with van der Waals surface area (Å²) in [5.41, 5.74) is -12.2. The highest BCUT2D eigenvalue weighted by atomic mass is 19.2. The van der Waals surface area contributed by atoms with E-state index in [-0.39, 0.29) is 11.5 Å². The average molecular weight is 984 g/mol. The second-order valence-corrected chi connectivity index (χ2v) is 14.1. The highest BCUT2D eigenvalue weighted by Gasteiger charge is 2.52. The molecule has 7 rings (SSSR count). The Kier molecular flexibility index (Phi) is 14.0. The van der Waals surface area contributed by atoms with Crippen molar-refractivity contribution in [2.75, 3.05) is 6.54 Å². The Hall–Kier alpha value is -7.47. The van der Waals surface area contributed by atoms with Gasteiger partial charge in [0.2, 0.25) is 12.2 Å². The predicted octanol–water partition coefficient (Wildman–Crippen LogP) is 9.31. The fraction of sp³-hybridized carbons (Fsp3) is 0.0465. The van der Waals surface area contributed by atoms with E-state index in [0.29, 0.717) is 0 Å². The van der Waals surface area contributed by atoms with Crippen molar-refractivity contribution in [1.29, 1.82) is 0 Å². The number of halogens is 20. The zero-order chi connectivity index (χ0) is 50.4. The molecule has 6 aromatic carbocycles. The van der Waals surface area contributed by atoms with Crippen molar-refractivity contribution >= 4 is 44.8 Å². The van der Waals surface area contributed by atoms with Gasteiger partial charge in [-0.25, -0.2) is 87.8 Å². The lowest BCUT2D eigenvalue weighted by molar-refractivity contribution is -0.688. The van der Waals surface area contributed by atoms with E-state index >= 15 is 35.1 Å². The van der Waals surface area contributed by atoms with Crippen molar-refractivity contribution in [2.24, 2.45) is 0 Å². The number of benzene rings is 6. The van der Waals surface area contributed by atoms with Crippen LogP contribution in [0.15, 0.2) is 72.9 Å². The molecule has 25 heteroatoms. The molecule has 1 heterocycles. The molecule has 0 saturated heterocycles. The third kappa shape index (κ3) is 8.11. The van der Waals surface area contributed by atoms with Crippen LogP contribution in [0, 0.1) is 126 Å². The molecule has 0 saturated carbocycles. The molecule has 354 valence electrons. The van der Waals surface area contributed by atoms with E-state index in [2.05, 4.69) is 22.8 Å². The van der Waals surface area contributed by atoms with Crippen molar-refractivity contribution in [1.82, 2.24) is 0 Å². The zero-order valence-electron chi connectivity index (χ0n) is 32.8. The van der Waals surface area contributed by atoms with Gasteiger partial charge in [0, 0.05) is 22.6 Å². The third-order valence-electron chi connectivity index (χ3n) is 10.4. The summed E-state index contributed by atoms with van der Waals surface area (Å²) in [6, 6.07) is 20.3. The van der Waals surface area contributed by atoms with E-state index < -0.39 is 144 Å². The summed E-state index contributed by atoms with van der Waals surface area (Å²) in [5, 5.41) is 12.8. The quantitative estimate of drug-likeness (QED) is 0.0276. The molecule has 7 aromatic rings. The molecule has 0 amide bonds. The van der Waals surface area contributed by atoms with Crippen LogP contribution >= 0.6 is 0 Å². The summed E-state index contributed by atoms with van der Waals surface area (Å²) in [7, 11) is 0. The molecule has 0 bridgehead atoms. The molecule has 0 spiro atoms. The van der Waals surface area contributed by atoms with Gasteiger partial charge in [0.15, 0.2) is 82.5 Å². The largest absolute Gasteiger partial charge is 0.264 e. The molecule has 0 radical (unpaired) electrons. The van der Waals surface area contributed by atoms with Gasteiger partial charge in [0.05, 0.1) is 5.39 Å². The number of aromatic nitrogens is 1. The summed E-state index contributed by atoms with van der Waals surface area (Å²) >= 11 is 0. The number of rotatable bonds is 9. The average Bonchev–Trinajstić information content (AvgIpc) is 3.32. The number of nitrogens with zero attached hydrogens (tertiary/aromatic N) is 2. The normalized spacial score (nSPS) is 11.7. The first-order valence-electron chi connectivity index (χ1n) is 18.4. The summed E-state index contributed by atoms with van der Waals surface area (Å²) in [4.78, 5) is 10.2. The van der Waals surface area contributed by atoms with Gasteiger partial charge < -0.3 is 0 Å². The van der Waals surface area contributed by atoms with Crippen LogP contribution in [0.5, 0.6) is 0 Å². The number of pyridine rings is 1. The maximum Gasteiger partial charge on any atom is 0.222 e. The maximum atomic E-state index is 15.4. The second kappa shape index (κ2) is 19.0. The SMILES string of the molecule is Fc1c(F)c(F)c([B-](c2c(F)c(F)c(F)c(F)c2F)(c2c(F)c(F)c(F)c(F)c2F)c2c(F)c(F)c(F)c(F)c2F)c(F)c1F.O=[N+]([O-])CC=Cc1c2ccccc2cc[n+]1Cc1ccccc1. The topological polar surface area (TPSA) is 47.0 Å². The van der Waals surface area contributed by atoms with Crippen LogP contribution in [0.25, 0.3) is 16.8 Å². The van der Waals surface area contributed by atoms with Gasteiger partial charge >= 0.3 is 0 Å². The Bertz CT molecular complexity index is 2840. The van der Waals surface area contributed by atoms with Crippen molar-refractivity contribution in [2.45, 2.75) is 6.54 Å². The molecule has 0 unspecified atom stereocenters. The second-order valence-electron chi connectivity index (χ2n) is 14.1. The number of hydrogen-bond donors (Lipinski definition) is 0. The lowest BCUT2D eigenvalue weighted by Gasteiger charge is -2.44. The van der Waals surface area contributed by atoms with Crippen LogP contribution < -0.4 is 26.4 Å². The first-order chi connectivity index (χ1) is 31.9. The summed E-state index contributed by atoms with van der Waals surface area (Å²) in [6.07, 6.45) is -1.75. The van der Waals surface area contributed by atoms with Gasteiger partial charge in [-0.15, -0.1) is 21.9 Å². The van der Waals surface area contributed by atoms with E-state index in [1.165, 1.54) is 5.56 Å². The van der Waals surface area contributed by atoms with E-state index in [9.17, 15) is 62.8 Å². The van der Waals surface area contributed by atoms with Crippen LogP contribution in [-0.4, -0.2) is 17.6 Å². The van der Waals surface area contributed by atoms with Crippen molar-refractivity contribution in [3.8, 4) is 0 Å². The summed E-state index contributed by atoms with van der Waals surface area (Å²) in [6.45, 7) is 0.554.